The van der Waals surface area contributed by atoms with Gasteiger partial charge in [0.15, 0.2) is 5.76 Å². The summed E-state index contributed by atoms with van der Waals surface area (Å²) in [7, 11) is 0. The molecular formula is C21H28N4O3. The number of nitrogens with two attached hydrogens (primary N) is 1. The van der Waals surface area contributed by atoms with Gasteiger partial charge in [-0.1, -0.05) is 25.1 Å². The molecule has 3 N–H and O–H groups in total. The van der Waals surface area contributed by atoms with E-state index in [1.54, 1.807) is 6.20 Å². The second-order valence-electron chi connectivity index (χ2n) is 7.12. The number of nitrogens with one attached hydrogen (secondary N) is 1. The molecule has 0 spiro atoms. The van der Waals surface area contributed by atoms with Gasteiger partial charge in [0.05, 0.1) is 18.2 Å². The number of ether oxygens (including phenoxy) is 1. The number of amides is 1. The summed E-state index contributed by atoms with van der Waals surface area (Å²) in [6.07, 6.45) is 5.88. The number of carbonyl (C=O) groups is 1. The summed E-state index contributed by atoms with van der Waals surface area (Å²) in [5.74, 6) is 0.487. The lowest BCUT2D eigenvalue weighted by molar-refractivity contribution is -0.121. The van der Waals surface area contributed by atoms with Crippen LogP contribution in [0.2, 0.25) is 0 Å². The van der Waals surface area contributed by atoms with Gasteiger partial charge in [-0.25, -0.2) is 0 Å². The molecule has 1 aliphatic rings. The van der Waals surface area contributed by atoms with Gasteiger partial charge in [0.25, 0.3) is 0 Å². The van der Waals surface area contributed by atoms with Gasteiger partial charge in [0, 0.05) is 25.2 Å². The fourth-order valence-corrected chi connectivity index (χ4v) is 3.49. The Morgan fingerprint density at radius 2 is 2.14 bits per heavy atom. The maximum Gasteiger partial charge on any atom is 0.217 e. The second kappa shape index (κ2) is 9.12. The zero-order valence-electron chi connectivity index (χ0n) is 16.6. The predicted molar refractivity (Wildman–Crippen MR) is 107 cm³/mol. The smallest absolute Gasteiger partial charge is 0.217 e. The van der Waals surface area contributed by atoms with Gasteiger partial charge in [0.1, 0.15) is 11.4 Å². The van der Waals surface area contributed by atoms with Gasteiger partial charge < -0.3 is 20.3 Å². The van der Waals surface area contributed by atoms with E-state index in [2.05, 4.69) is 29.3 Å². The van der Waals surface area contributed by atoms with Crippen LogP contribution in [0.4, 0.5) is 0 Å². The van der Waals surface area contributed by atoms with Crippen molar-refractivity contribution in [1.29, 1.82) is 0 Å². The predicted octanol–water partition coefficient (Wildman–Crippen LogP) is 2.93. The average molecular weight is 384 g/mol. The molecule has 0 bridgehead atoms. The van der Waals surface area contributed by atoms with E-state index in [-0.39, 0.29) is 30.2 Å². The zero-order chi connectivity index (χ0) is 20.1. The van der Waals surface area contributed by atoms with Crippen molar-refractivity contribution >= 4 is 11.5 Å². The summed E-state index contributed by atoms with van der Waals surface area (Å²) in [6, 6.07) is 6.94. The molecule has 2 aromatic heterocycles. The van der Waals surface area contributed by atoms with Gasteiger partial charge >= 0.3 is 0 Å². The van der Waals surface area contributed by atoms with E-state index in [0.29, 0.717) is 12.2 Å². The molecule has 0 aromatic carbocycles. The van der Waals surface area contributed by atoms with E-state index in [1.807, 2.05) is 30.3 Å². The van der Waals surface area contributed by atoms with Gasteiger partial charge in [-0.2, -0.15) is 0 Å². The van der Waals surface area contributed by atoms with Crippen LogP contribution in [-0.4, -0.2) is 40.3 Å². The Bertz CT molecular complexity index is 814. The lowest BCUT2D eigenvalue weighted by atomic mass is 9.86. The highest BCUT2D eigenvalue weighted by molar-refractivity contribution is 5.74. The third-order valence-electron chi connectivity index (χ3n) is 5.02. The van der Waals surface area contributed by atoms with E-state index in [4.69, 9.17) is 15.0 Å². The number of nitrogens with zero attached hydrogens (tertiary/aromatic N) is 2. The second-order valence-corrected chi connectivity index (χ2v) is 7.12. The SMILES string of the molecule is CCC(CC)O[C@@H]1C=C(c2cc(-c3ccccn3)on2)C[C@H](N)[C@H]1NC(C)=O. The first kappa shape index (κ1) is 20.2. The summed E-state index contributed by atoms with van der Waals surface area (Å²) < 4.78 is 11.8. The Balaban J connectivity index is 1.88. The number of hydrogen-bond acceptors (Lipinski definition) is 6. The zero-order valence-corrected chi connectivity index (χ0v) is 16.6. The largest absolute Gasteiger partial charge is 0.369 e. The third-order valence-corrected chi connectivity index (χ3v) is 5.02. The molecule has 7 nitrogen and oxygen atoms in total. The lowest BCUT2D eigenvalue weighted by Gasteiger charge is -2.36. The quantitative estimate of drug-likeness (QED) is 0.761. The van der Waals surface area contributed by atoms with E-state index in [9.17, 15) is 4.79 Å². The van der Waals surface area contributed by atoms with E-state index >= 15 is 0 Å². The van der Waals surface area contributed by atoms with Crippen LogP contribution in [-0.2, 0) is 9.53 Å². The van der Waals surface area contributed by atoms with Crippen LogP contribution >= 0.6 is 0 Å². The Morgan fingerprint density at radius 1 is 1.36 bits per heavy atom. The molecule has 28 heavy (non-hydrogen) atoms. The summed E-state index contributed by atoms with van der Waals surface area (Å²) in [5.41, 5.74) is 8.81. The molecule has 1 amide bonds. The van der Waals surface area contributed by atoms with Crippen LogP contribution in [0.25, 0.3) is 17.0 Å². The third kappa shape index (κ3) is 4.66. The highest BCUT2D eigenvalue weighted by Gasteiger charge is 2.34. The van der Waals surface area contributed by atoms with Crippen LogP contribution in [0.3, 0.4) is 0 Å². The number of hydrogen-bond donors (Lipinski definition) is 2. The van der Waals surface area contributed by atoms with Gasteiger partial charge in [-0.15, -0.1) is 0 Å². The van der Waals surface area contributed by atoms with Crippen molar-refractivity contribution in [2.75, 3.05) is 0 Å². The molecular weight excluding hydrogens is 356 g/mol. The van der Waals surface area contributed by atoms with Crippen LogP contribution < -0.4 is 11.1 Å². The van der Waals surface area contributed by atoms with Crippen LogP contribution in [0.1, 0.15) is 45.7 Å². The molecule has 2 aromatic rings. The maximum absolute atomic E-state index is 11.7. The minimum absolute atomic E-state index is 0.102. The summed E-state index contributed by atoms with van der Waals surface area (Å²) >= 11 is 0. The number of aromatic nitrogens is 2. The number of pyridine rings is 1. The summed E-state index contributed by atoms with van der Waals surface area (Å²) in [6.45, 7) is 5.67. The fraction of sp³-hybridized carbons (Fsp3) is 0.476. The first-order valence-electron chi connectivity index (χ1n) is 9.79. The molecule has 0 radical (unpaired) electrons. The maximum atomic E-state index is 11.7. The van der Waals surface area contributed by atoms with E-state index in [1.165, 1.54) is 6.92 Å². The fourth-order valence-electron chi connectivity index (χ4n) is 3.49. The van der Waals surface area contributed by atoms with Crippen molar-refractivity contribution in [3.05, 3.63) is 42.2 Å². The molecule has 150 valence electrons. The summed E-state index contributed by atoms with van der Waals surface area (Å²) in [5, 5.41) is 7.16. The Hall–Kier alpha value is -2.51. The van der Waals surface area contributed by atoms with Crippen molar-refractivity contribution < 1.29 is 14.1 Å². The minimum atomic E-state index is -0.317. The van der Waals surface area contributed by atoms with E-state index < -0.39 is 0 Å². The van der Waals surface area contributed by atoms with Crippen LogP contribution in [0, 0.1) is 0 Å². The molecule has 0 unspecified atom stereocenters. The number of rotatable bonds is 7. The highest BCUT2D eigenvalue weighted by atomic mass is 16.5. The first-order chi connectivity index (χ1) is 13.5. The molecule has 2 heterocycles. The highest BCUT2D eigenvalue weighted by Crippen LogP contribution is 2.31. The number of carbonyl (C=O) groups excluding carboxylic acids is 1. The first-order valence-corrected chi connectivity index (χ1v) is 9.79. The molecule has 0 aliphatic heterocycles. The Labute approximate surface area is 165 Å². The Kier molecular flexibility index (Phi) is 6.59. The minimum Gasteiger partial charge on any atom is -0.369 e. The van der Waals surface area contributed by atoms with Crippen LogP contribution in [0.15, 0.2) is 41.1 Å². The lowest BCUT2D eigenvalue weighted by Crippen LogP contribution is -2.56. The van der Waals surface area contributed by atoms with Gasteiger partial charge in [0.2, 0.25) is 5.91 Å². The molecule has 7 heteroatoms. The van der Waals surface area contributed by atoms with Crippen LogP contribution in [0.5, 0.6) is 0 Å². The topological polar surface area (TPSA) is 103 Å². The monoisotopic (exact) mass is 384 g/mol. The Morgan fingerprint density at radius 3 is 2.79 bits per heavy atom. The van der Waals surface area contributed by atoms with Crippen molar-refractivity contribution in [1.82, 2.24) is 15.5 Å². The average Bonchev–Trinajstić information content (AvgIpc) is 3.19. The molecule has 3 rings (SSSR count). The summed E-state index contributed by atoms with van der Waals surface area (Å²) in [4.78, 5) is 16.0. The normalized spacial score (nSPS) is 22.2. The molecule has 1 aliphatic carbocycles. The van der Waals surface area contributed by atoms with Gasteiger partial charge in [-0.3, -0.25) is 9.78 Å². The standard InChI is InChI=1S/C21H28N4O3/c1-4-15(5-2)27-20-11-14(10-16(22)21(20)24-13(3)26)18-12-19(28-25-18)17-8-6-7-9-23-17/h6-9,11-12,15-16,20-21H,4-5,10,22H2,1-3H3,(H,24,26)/t16-,20+,21+/m0/s1. The van der Waals surface area contributed by atoms with Crippen molar-refractivity contribution in [3.8, 4) is 11.5 Å². The molecule has 0 saturated heterocycles. The van der Waals surface area contributed by atoms with Gasteiger partial charge in [-0.05, 0) is 43.0 Å². The molecule has 0 saturated carbocycles. The molecule has 3 atom stereocenters. The van der Waals surface area contributed by atoms with Crippen molar-refractivity contribution in [2.24, 2.45) is 5.73 Å². The van der Waals surface area contributed by atoms with Crippen molar-refractivity contribution in [3.63, 3.8) is 0 Å². The van der Waals surface area contributed by atoms with Crippen molar-refractivity contribution in [2.45, 2.75) is 64.3 Å². The molecule has 0 fully saturated rings. The van der Waals surface area contributed by atoms with E-state index in [0.717, 1.165) is 29.8 Å².